The molecule has 1 aromatic rings. The third kappa shape index (κ3) is 2.82. The lowest BCUT2D eigenvalue weighted by Crippen LogP contribution is -2.27. The Bertz CT molecular complexity index is 566. The van der Waals surface area contributed by atoms with Crippen LogP contribution in [0.15, 0.2) is 17.0 Å². The molecule has 106 valence electrons. The normalized spacial score (nSPS) is 22.3. The molecule has 1 fully saturated rings. The average Bonchev–Trinajstić information content (AvgIpc) is 3.06. The Morgan fingerprint density at radius 3 is 2.68 bits per heavy atom. The van der Waals surface area contributed by atoms with Crippen LogP contribution in [-0.4, -0.2) is 21.6 Å². The topological polar surface area (TPSA) is 81.4 Å². The second-order valence-electron chi connectivity index (χ2n) is 4.66. The van der Waals surface area contributed by atoms with Crippen LogP contribution in [0.1, 0.15) is 19.8 Å². The Hall–Kier alpha value is -1.34. The van der Waals surface area contributed by atoms with Gasteiger partial charge in [0, 0.05) is 6.04 Å². The molecule has 0 bridgehead atoms. The largest absolute Gasteiger partial charge is 0.492 e. The quantitative estimate of drug-likeness (QED) is 0.804. The summed E-state index contributed by atoms with van der Waals surface area (Å²) >= 11 is 0. The fourth-order valence-electron chi connectivity index (χ4n) is 2.07. The number of methoxy groups -OCH3 is 1. The molecule has 1 aliphatic carbocycles. The van der Waals surface area contributed by atoms with Crippen molar-refractivity contribution in [1.82, 2.24) is 4.72 Å². The van der Waals surface area contributed by atoms with E-state index in [9.17, 15) is 12.8 Å². The Labute approximate surface area is 112 Å². The van der Waals surface area contributed by atoms with E-state index in [2.05, 4.69) is 4.72 Å². The zero-order valence-electron chi connectivity index (χ0n) is 10.8. The molecule has 2 atom stereocenters. The number of nitrogen functional groups attached to an aromatic ring is 1. The van der Waals surface area contributed by atoms with E-state index in [0.29, 0.717) is 5.92 Å². The molecule has 0 radical (unpaired) electrons. The van der Waals surface area contributed by atoms with E-state index < -0.39 is 15.8 Å². The van der Waals surface area contributed by atoms with Crippen LogP contribution in [0.5, 0.6) is 5.75 Å². The highest BCUT2D eigenvalue weighted by Crippen LogP contribution is 2.35. The molecule has 1 aliphatic rings. The summed E-state index contributed by atoms with van der Waals surface area (Å²) in [6, 6.07) is 2.07. The van der Waals surface area contributed by atoms with Crippen molar-refractivity contribution < 1.29 is 17.5 Å². The first-order chi connectivity index (χ1) is 8.89. The lowest BCUT2D eigenvalue weighted by molar-refractivity contribution is 0.388. The number of rotatable bonds is 5. The molecule has 1 saturated carbocycles. The van der Waals surface area contributed by atoms with Crippen molar-refractivity contribution in [2.75, 3.05) is 12.8 Å². The zero-order valence-corrected chi connectivity index (χ0v) is 11.6. The Kier molecular flexibility index (Phi) is 3.69. The van der Waals surface area contributed by atoms with Crippen molar-refractivity contribution in [3.8, 4) is 5.75 Å². The molecule has 2 unspecified atom stereocenters. The number of hydrogen-bond acceptors (Lipinski definition) is 4. The first-order valence-corrected chi connectivity index (χ1v) is 7.52. The van der Waals surface area contributed by atoms with Crippen molar-refractivity contribution in [3.63, 3.8) is 0 Å². The van der Waals surface area contributed by atoms with Crippen LogP contribution < -0.4 is 15.2 Å². The van der Waals surface area contributed by atoms with Crippen LogP contribution in [0.3, 0.4) is 0 Å². The summed E-state index contributed by atoms with van der Waals surface area (Å²) in [5.41, 5.74) is 5.54. The number of ether oxygens (including phenoxy) is 1. The highest BCUT2D eigenvalue weighted by Gasteiger charge is 2.38. The minimum Gasteiger partial charge on any atom is -0.492 e. The minimum atomic E-state index is -3.74. The van der Waals surface area contributed by atoms with Gasteiger partial charge in [-0.25, -0.2) is 17.5 Å². The highest BCUT2D eigenvalue weighted by molar-refractivity contribution is 7.89. The van der Waals surface area contributed by atoms with Crippen molar-refractivity contribution >= 4 is 15.7 Å². The summed E-state index contributed by atoms with van der Waals surface area (Å²) < 4.78 is 45.1. The predicted molar refractivity (Wildman–Crippen MR) is 69.9 cm³/mol. The van der Waals surface area contributed by atoms with Gasteiger partial charge in [0.05, 0.1) is 17.7 Å². The monoisotopic (exact) mass is 288 g/mol. The van der Waals surface area contributed by atoms with Gasteiger partial charge in [0.1, 0.15) is 0 Å². The van der Waals surface area contributed by atoms with Crippen molar-refractivity contribution in [2.24, 2.45) is 5.92 Å². The molecular weight excluding hydrogens is 271 g/mol. The minimum absolute atomic E-state index is 0.0364. The first-order valence-electron chi connectivity index (χ1n) is 6.04. The van der Waals surface area contributed by atoms with Gasteiger partial charge >= 0.3 is 0 Å². The SMILES string of the molecule is CCC1CC1NS(=O)(=O)c1cc(N)c(OC)c(F)c1. The standard InChI is InChI=1S/C12H17FN2O3S/c1-3-7-4-11(7)15-19(16,17)8-5-9(13)12(18-2)10(14)6-8/h5-7,11,15H,3-4,14H2,1-2H3. The van der Waals surface area contributed by atoms with Crippen LogP contribution >= 0.6 is 0 Å². The molecule has 19 heavy (non-hydrogen) atoms. The zero-order chi connectivity index (χ0) is 14.2. The lowest BCUT2D eigenvalue weighted by atomic mass is 10.3. The maximum Gasteiger partial charge on any atom is 0.241 e. The first kappa shape index (κ1) is 14.1. The van der Waals surface area contributed by atoms with E-state index in [1.807, 2.05) is 6.92 Å². The molecule has 0 aliphatic heterocycles. The number of sulfonamides is 1. The van der Waals surface area contributed by atoms with Gasteiger partial charge in [0.2, 0.25) is 10.0 Å². The summed E-state index contributed by atoms with van der Waals surface area (Å²) in [6.07, 6.45) is 1.75. The number of benzene rings is 1. The van der Waals surface area contributed by atoms with Crippen LogP contribution in [0.25, 0.3) is 0 Å². The van der Waals surface area contributed by atoms with Crippen LogP contribution in [0.4, 0.5) is 10.1 Å². The number of nitrogens with two attached hydrogens (primary N) is 1. The van der Waals surface area contributed by atoms with Gasteiger partial charge in [0.15, 0.2) is 11.6 Å². The second-order valence-corrected chi connectivity index (χ2v) is 6.37. The molecule has 0 aromatic heterocycles. The number of nitrogens with one attached hydrogen (secondary N) is 1. The van der Waals surface area contributed by atoms with Crippen molar-refractivity contribution in [1.29, 1.82) is 0 Å². The van der Waals surface area contributed by atoms with Gasteiger partial charge in [-0.2, -0.15) is 0 Å². The van der Waals surface area contributed by atoms with E-state index in [4.69, 9.17) is 10.5 Å². The maximum absolute atomic E-state index is 13.6. The second kappa shape index (κ2) is 4.97. The fraction of sp³-hybridized carbons (Fsp3) is 0.500. The Morgan fingerprint density at radius 2 is 2.21 bits per heavy atom. The molecule has 0 spiro atoms. The summed E-state index contributed by atoms with van der Waals surface area (Å²) in [5, 5.41) is 0. The Balaban J connectivity index is 2.26. The Morgan fingerprint density at radius 1 is 1.53 bits per heavy atom. The van der Waals surface area contributed by atoms with Gasteiger partial charge in [0.25, 0.3) is 0 Å². The molecule has 0 heterocycles. The molecule has 5 nitrogen and oxygen atoms in total. The summed E-state index contributed by atoms with van der Waals surface area (Å²) in [6.45, 7) is 2.00. The molecule has 3 N–H and O–H groups in total. The van der Waals surface area contributed by atoms with Crippen LogP contribution in [-0.2, 0) is 10.0 Å². The third-order valence-corrected chi connectivity index (χ3v) is 4.78. The maximum atomic E-state index is 13.6. The van der Waals surface area contributed by atoms with Gasteiger partial charge in [-0.3, -0.25) is 0 Å². The number of anilines is 1. The predicted octanol–water partition coefficient (Wildman–Crippen LogP) is 1.49. The summed E-state index contributed by atoms with van der Waals surface area (Å²) in [4.78, 5) is -0.176. The van der Waals surface area contributed by atoms with Crippen molar-refractivity contribution in [3.05, 3.63) is 17.9 Å². The van der Waals surface area contributed by atoms with Gasteiger partial charge < -0.3 is 10.5 Å². The third-order valence-electron chi connectivity index (χ3n) is 3.31. The van der Waals surface area contributed by atoms with E-state index in [1.165, 1.54) is 13.2 Å². The van der Waals surface area contributed by atoms with Gasteiger partial charge in [-0.15, -0.1) is 0 Å². The molecule has 7 heteroatoms. The fourth-order valence-corrected chi connectivity index (χ4v) is 3.43. The van der Waals surface area contributed by atoms with E-state index in [-0.39, 0.29) is 22.4 Å². The molecule has 0 amide bonds. The van der Waals surface area contributed by atoms with E-state index >= 15 is 0 Å². The molecule has 1 aromatic carbocycles. The van der Waals surface area contributed by atoms with Crippen LogP contribution in [0, 0.1) is 11.7 Å². The molecule has 0 saturated heterocycles. The summed E-state index contributed by atoms with van der Waals surface area (Å²) in [5.74, 6) is -0.558. The van der Waals surface area contributed by atoms with Crippen molar-refractivity contribution in [2.45, 2.75) is 30.7 Å². The smallest absolute Gasteiger partial charge is 0.241 e. The van der Waals surface area contributed by atoms with E-state index in [0.717, 1.165) is 18.9 Å². The number of hydrogen-bond donors (Lipinski definition) is 2. The van der Waals surface area contributed by atoms with Gasteiger partial charge in [-0.1, -0.05) is 13.3 Å². The lowest BCUT2D eigenvalue weighted by Gasteiger charge is -2.10. The highest BCUT2D eigenvalue weighted by atomic mass is 32.2. The average molecular weight is 288 g/mol. The van der Waals surface area contributed by atoms with E-state index in [1.54, 1.807) is 0 Å². The molecule has 2 rings (SSSR count). The molecular formula is C12H17FN2O3S. The summed E-state index contributed by atoms with van der Waals surface area (Å²) in [7, 11) is -2.46. The number of halogens is 1. The van der Waals surface area contributed by atoms with Crippen LogP contribution in [0.2, 0.25) is 0 Å². The van der Waals surface area contributed by atoms with Gasteiger partial charge in [-0.05, 0) is 24.5 Å².